The summed E-state index contributed by atoms with van der Waals surface area (Å²) in [6.45, 7) is 5.62. The van der Waals surface area contributed by atoms with Gasteiger partial charge in [-0.25, -0.2) is 4.68 Å². The number of nitrogens with zero attached hydrogens (tertiary/aromatic N) is 3. The first-order chi connectivity index (χ1) is 8.63. The topological polar surface area (TPSA) is 70.7 Å². The predicted octanol–water partition coefficient (Wildman–Crippen LogP) is 2.01. The van der Waals surface area contributed by atoms with E-state index in [1.165, 1.54) is 4.68 Å². The van der Waals surface area contributed by atoms with Crippen LogP contribution in [0.15, 0.2) is 17.1 Å². The third kappa shape index (κ3) is 5.00. The molecular weight excluding hydrogens is 228 g/mol. The van der Waals surface area contributed by atoms with Gasteiger partial charge in [0.15, 0.2) is 0 Å². The van der Waals surface area contributed by atoms with Gasteiger partial charge in [-0.2, -0.15) is 10.4 Å². The summed E-state index contributed by atoms with van der Waals surface area (Å²) in [6.07, 6.45) is 3.81. The zero-order valence-electron chi connectivity index (χ0n) is 11.0. The van der Waals surface area contributed by atoms with E-state index in [0.717, 1.165) is 25.1 Å². The van der Waals surface area contributed by atoms with Crippen LogP contribution in [-0.4, -0.2) is 16.3 Å². The molecule has 1 N–H and O–H groups in total. The lowest BCUT2D eigenvalue weighted by atomic mass is 10.2. The van der Waals surface area contributed by atoms with Crippen LogP contribution in [-0.2, 0) is 6.54 Å². The van der Waals surface area contributed by atoms with E-state index >= 15 is 0 Å². The monoisotopic (exact) mass is 248 g/mol. The van der Waals surface area contributed by atoms with Crippen LogP contribution in [0, 0.1) is 17.2 Å². The standard InChI is InChI=1S/C13H20N4O/c1-11(2)9-15-12-8-13(18)17(16-10-12)7-5-3-4-6-14/h8,10-11,15H,3-5,7,9H2,1-2H3. The molecule has 0 aliphatic carbocycles. The molecule has 0 unspecified atom stereocenters. The second-order valence-electron chi connectivity index (χ2n) is 4.70. The smallest absolute Gasteiger partial charge is 0.268 e. The summed E-state index contributed by atoms with van der Waals surface area (Å²) in [4.78, 5) is 11.7. The van der Waals surface area contributed by atoms with Gasteiger partial charge in [-0.05, 0) is 18.8 Å². The minimum Gasteiger partial charge on any atom is -0.383 e. The zero-order chi connectivity index (χ0) is 13.4. The molecule has 0 fully saturated rings. The van der Waals surface area contributed by atoms with E-state index in [-0.39, 0.29) is 5.56 Å². The highest BCUT2D eigenvalue weighted by atomic mass is 16.1. The van der Waals surface area contributed by atoms with Crippen LogP contribution < -0.4 is 10.9 Å². The molecule has 0 atom stereocenters. The number of hydrogen-bond acceptors (Lipinski definition) is 4. The number of aromatic nitrogens is 2. The van der Waals surface area contributed by atoms with Gasteiger partial charge in [-0.15, -0.1) is 0 Å². The number of nitriles is 1. The number of nitrogens with one attached hydrogen (secondary N) is 1. The molecule has 1 rings (SSSR count). The fourth-order valence-corrected chi connectivity index (χ4v) is 1.49. The van der Waals surface area contributed by atoms with Gasteiger partial charge in [0.25, 0.3) is 5.56 Å². The molecule has 0 saturated carbocycles. The molecule has 0 aliphatic heterocycles. The van der Waals surface area contributed by atoms with E-state index in [9.17, 15) is 4.79 Å². The fraction of sp³-hybridized carbons (Fsp3) is 0.615. The van der Waals surface area contributed by atoms with Crippen molar-refractivity contribution in [3.8, 4) is 6.07 Å². The highest BCUT2D eigenvalue weighted by Crippen LogP contribution is 2.02. The lowest BCUT2D eigenvalue weighted by molar-refractivity contribution is 0.535. The Kier molecular flexibility index (Phi) is 5.92. The van der Waals surface area contributed by atoms with Crippen LogP contribution in [0.25, 0.3) is 0 Å². The number of hydrogen-bond donors (Lipinski definition) is 1. The first-order valence-electron chi connectivity index (χ1n) is 6.31. The van der Waals surface area contributed by atoms with Crippen molar-refractivity contribution < 1.29 is 0 Å². The molecule has 1 aromatic heterocycles. The van der Waals surface area contributed by atoms with Crippen LogP contribution in [0.1, 0.15) is 33.1 Å². The number of aryl methyl sites for hydroxylation is 1. The summed E-state index contributed by atoms with van der Waals surface area (Å²) in [5, 5.41) is 15.7. The first kappa shape index (κ1) is 14.2. The second kappa shape index (κ2) is 7.49. The van der Waals surface area contributed by atoms with E-state index in [1.807, 2.05) is 0 Å². The third-order valence-corrected chi connectivity index (χ3v) is 2.49. The molecule has 98 valence electrons. The van der Waals surface area contributed by atoms with Gasteiger partial charge in [0.05, 0.1) is 18.0 Å². The average molecular weight is 248 g/mol. The van der Waals surface area contributed by atoms with Gasteiger partial charge in [-0.3, -0.25) is 4.79 Å². The van der Waals surface area contributed by atoms with Crippen molar-refractivity contribution in [2.75, 3.05) is 11.9 Å². The van der Waals surface area contributed by atoms with Gasteiger partial charge in [0.2, 0.25) is 0 Å². The van der Waals surface area contributed by atoms with E-state index in [2.05, 4.69) is 30.3 Å². The van der Waals surface area contributed by atoms with Gasteiger partial charge >= 0.3 is 0 Å². The van der Waals surface area contributed by atoms with E-state index in [4.69, 9.17) is 5.26 Å². The molecule has 0 saturated heterocycles. The summed E-state index contributed by atoms with van der Waals surface area (Å²) in [5.74, 6) is 0.526. The van der Waals surface area contributed by atoms with Gasteiger partial charge < -0.3 is 5.32 Å². The Morgan fingerprint density at radius 2 is 2.28 bits per heavy atom. The minimum absolute atomic E-state index is 0.0966. The van der Waals surface area contributed by atoms with Gasteiger partial charge in [-0.1, -0.05) is 13.8 Å². The van der Waals surface area contributed by atoms with Crippen molar-refractivity contribution >= 4 is 5.69 Å². The highest BCUT2D eigenvalue weighted by Gasteiger charge is 2.00. The van der Waals surface area contributed by atoms with Crippen LogP contribution in [0.2, 0.25) is 0 Å². The number of anilines is 1. The second-order valence-corrected chi connectivity index (χ2v) is 4.70. The fourth-order valence-electron chi connectivity index (χ4n) is 1.49. The van der Waals surface area contributed by atoms with Crippen molar-refractivity contribution in [3.05, 3.63) is 22.6 Å². The maximum atomic E-state index is 11.7. The van der Waals surface area contributed by atoms with Crippen molar-refractivity contribution in [1.82, 2.24) is 9.78 Å². The molecule has 0 aromatic carbocycles. The molecule has 0 aliphatic rings. The Morgan fingerprint density at radius 1 is 1.50 bits per heavy atom. The summed E-state index contributed by atoms with van der Waals surface area (Å²) in [6, 6.07) is 3.66. The molecular formula is C13H20N4O. The van der Waals surface area contributed by atoms with E-state index in [0.29, 0.717) is 18.9 Å². The zero-order valence-corrected chi connectivity index (χ0v) is 11.0. The first-order valence-corrected chi connectivity index (χ1v) is 6.31. The van der Waals surface area contributed by atoms with Crippen molar-refractivity contribution in [1.29, 1.82) is 5.26 Å². The molecule has 5 nitrogen and oxygen atoms in total. The molecule has 0 bridgehead atoms. The highest BCUT2D eigenvalue weighted by molar-refractivity contribution is 5.38. The Labute approximate surface area is 107 Å². The Balaban J connectivity index is 2.52. The normalized spacial score (nSPS) is 10.3. The predicted molar refractivity (Wildman–Crippen MR) is 71.3 cm³/mol. The SMILES string of the molecule is CC(C)CNc1cnn(CCCCC#N)c(=O)c1. The molecule has 0 amide bonds. The summed E-state index contributed by atoms with van der Waals surface area (Å²) < 4.78 is 1.44. The maximum Gasteiger partial charge on any atom is 0.268 e. The summed E-state index contributed by atoms with van der Waals surface area (Å²) in [7, 11) is 0. The van der Waals surface area contributed by atoms with Crippen molar-refractivity contribution in [3.63, 3.8) is 0 Å². The average Bonchev–Trinajstić information content (AvgIpc) is 2.34. The van der Waals surface area contributed by atoms with Gasteiger partial charge in [0.1, 0.15) is 0 Å². The lowest BCUT2D eigenvalue weighted by Gasteiger charge is -2.09. The Hall–Kier alpha value is -1.83. The summed E-state index contributed by atoms with van der Waals surface area (Å²) in [5.41, 5.74) is 0.669. The molecule has 0 spiro atoms. The van der Waals surface area contributed by atoms with Crippen LogP contribution >= 0.6 is 0 Å². The van der Waals surface area contributed by atoms with Crippen molar-refractivity contribution in [2.45, 2.75) is 39.7 Å². The quantitative estimate of drug-likeness (QED) is 0.749. The van der Waals surface area contributed by atoms with Crippen molar-refractivity contribution in [2.24, 2.45) is 5.92 Å². The summed E-state index contributed by atoms with van der Waals surface area (Å²) >= 11 is 0. The number of rotatable bonds is 7. The molecule has 1 aromatic rings. The van der Waals surface area contributed by atoms with Gasteiger partial charge in [0, 0.05) is 25.6 Å². The Bertz CT molecular complexity index is 459. The third-order valence-electron chi connectivity index (χ3n) is 2.49. The largest absolute Gasteiger partial charge is 0.383 e. The minimum atomic E-state index is -0.0966. The molecule has 1 heterocycles. The molecule has 0 radical (unpaired) electrons. The number of unbranched alkanes of at least 4 members (excludes halogenated alkanes) is 2. The molecule has 5 heteroatoms. The Morgan fingerprint density at radius 3 is 2.89 bits per heavy atom. The van der Waals surface area contributed by atoms with Crippen LogP contribution in [0.4, 0.5) is 5.69 Å². The van der Waals surface area contributed by atoms with E-state index in [1.54, 1.807) is 12.3 Å². The van der Waals surface area contributed by atoms with Crippen LogP contribution in [0.5, 0.6) is 0 Å². The molecule has 18 heavy (non-hydrogen) atoms. The van der Waals surface area contributed by atoms with Crippen LogP contribution in [0.3, 0.4) is 0 Å². The van der Waals surface area contributed by atoms with E-state index < -0.39 is 0 Å². The lowest BCUT2D eigenvalue weighted by Crippen LogP contribution is -2.23. The maximum absolute atomic E-state index is 11.7.